The van der Waals surface area contributed by atoms with Crippen LogP contribution < -0.4 is 10.3 Å². The Morgan fingerprint density at radius 1 is 1.04 bits per heavy atom. The topological polar surface area (TPSA) is 61.4 Å². The smallest absolute Gasteiger partial charge is 0.266 e. The van der Waals surface area contributed by atoms with E-state index in [1.807, 2.05) is 60.1 Å². The van der Waals surface area contributed by atoms with Gasteiger partial charge in [0.2, 0.25) is 0 Å². The van der Waals surface area contributed by atoms with Gasteiger partial charge in [-0.3, -0.25) is 4.79 Å². The second-order valence-corrected chi connectivity index (χ2v) is 5.90. The fourth-order valence-corrected chi connectivity index (χ4v) is 2.99. The van der Waals surface area contributed by atoms with Crippen molar-refractivity contribution in [3.63, 3.8) is 0 Å². The summed E-state index contributed by atoms with van der Waals surface area (Å²) in [5, 5.41) is 9.18. The third kappa shape index (κ3) is 2.75. The maximum absolute atomic E-state index is 11.7. The maximum atomic E-state index is 11.7. The average Bonchev–Trinajstić information content (AvgIpc) is 3.04. The predicted molar refractivity (Wildman–Crippen MR) is 100 cm³/mol. The molecule has 0 N–H and O–H groups in total. The molecule has 3 heterocycles. The van der Waals surface area contributed by atoms with Gasteiger partial charge in [0.25, 0.3) is 5.56 Å². The van der Waals surface area contributed by atoms with Gasteiger partial charge >= 0.3 is 0 Å². The van der Waals surface area contributed by atoms with Crippen LogP contribution in [0.25, 0.3) is 28.0 Å². The van der Waals surface area contributed by atoms with Crippen molar-refractivity contribution >= 4 is 5.52 Å². The summed E-state index contributed by atoms with van der Waals surface area (Å²) in [5.74, 6) is 0.793. The van der Waals surface area contributed by atoms with Crippen molar-refractivity contribution in [3.8, 4) is 28.3 Å². The zero-order chi connectivity index (χ0) is 18.1. The number of nitrogens with zero attached hydrogens (tertiary/aromatic N) is 4. The molecule has 6 heteroatoms. The van der Waals surface area contributed by atoms with Crippen LogP contribution in [-0.4, -0.2) is 26.0 Å². The molecule has 0 bridgehead atoms. The van der Waals surface area contributed by atoms with Gasteiger partial charge in [0.1, 0.15) is 11.4 Å². The highest BCUT2D eigenvalue weighted by Crippen LogP contribution is 2.34. The molecule has 1 aromatic carbocycles. The molecule has 0 aliphatic carbocycles. The molecule has 0 unspecified atom stereocenters. The molecule has 0 radical (unpaired) electrons. The fraction of sp³-hybridized carbons (Fsp3) is 0.150. The van der Waals surface area contributed by atoms with E-state index in [2.05, 4.69) is 5.10 Å². The Balaban J connectivity index is 1.99. The lowest BCUT2D eigenvalue weighted by Gasteiger charge is -2.07. The van der Waals surface area contributed by atoms with E-state index in [-0.39, 0.29) is 5.56 Å². The number of aryl methyl sites for hydroxylation is 1. The van der Waals surface area contributed by atoms with Crippen LogP contribution in [0.2, 0.25) is 0 Å². The number of aromatic nitrogens is 4. The molecule has 0 fully saturated rings. The number of pyridine rings is 1. The quantitative estimate of drug-likeness (QED) is 0.569. The second-order valence-electron chi connectivity index (χ2n) is 5.90. The summed E-state index contributed by atoms with van der Waals surface area (Å²) in [6.45, 7) is 2.56. The summed E-state index contributed by atoms with van der Waals surface area (Å²) in [4.78, 5) is 11.7. The van der Waals surface area contributed by atoms with Crippen LogP contribution in [0.15, 0.2) is 65.6 Å². The first-order chi connectivity index (χ1) is 12.7. The van der Waals surface area contributed by atoms with Crippen LogP contribution >= 0.6 is 0 Å². The molecule has 0 aliphatic rings. The molecule has 3 aromatic heterocycles. The van der Waals surface area contributed by atoms with Gasteiger partial charge in [-0.25, -0.2) is 9.20 Å². The lowest BCUT2D eigenvalue weighted by atomic mass is 10.0. The molecule has 0 amide bonds. The van der Waals surface area contributed by atoms with Gasteiger partial charge in [0.15, 0.2) is 0 Å². The number of fused-ring (bicyclic) bond motifs is 1. The van der Waals surface area contributed by atoms with Crippen LogP contribution in [0.1, 0.15) is 6.92 Å². The molecule has 0 aliphatic heterocycles. The average molecular weight is 346 g/mol. The Kier molecular flexibility index (Phi) is 4.01. The first-order valence-electron chi connectivity index (χ1n) is 8.42. The maximum Gasteiger partial charge on any atom is 0.266 e. The fourth-order valence-electron chi connectivity index (χ4n) is 2.99. The van der Waals surface area contributed by atoms with Crippen LogP contribution in [0.4, 0.5) is 0 Å². The van der Waals surface area contributed by atoms with Crippen molar-refractivity contribution in [1.29, 1.82) is 0 Å². The van der Waals surface area contributed by atoms with Crippen LogP contribution in [0, 0.1) is 0 Å². The van der Waals surface area contributed by atoms with Gasteiger partial charge in [-0.1, -0.05) is 18.2 Å². The molecule has 4 rings (SSSR count). The SMILES string of the molecule is CCOc1cccc(-c2nn3ccccc3c2-c2ccc(=O)n(C)n2)c1. The van der Waals surface area contributed by atoms with Gasteiger partial charge in [0.05, 0.1) is 23.4 Å². The number of ether oxygens (including phenoxy) is 1. The minimum atomic E-state index is -0.148. The van der Waals surface area contributed by atoms with Crippen LogP contribution in [0.3, 0.4) is 0 Å². The van der Waals surface area contributed by atoms with Crippen molar-refractivity contribution in [2.24, 2.45) is 7.05 Å². The summed E-state index contributed by atoms with van der Waals surface area (Å²) in [5.41, 5.74) is 4.09. The Hall–Kier alpha value is -3.41. The third-order valence-electron chi connectivity index (χ3n) is 4.18. The van der Waals surface area contributed by atoms with E-state index in [0.717, 1.165) is 28.1 Å². The lowest BCUT2D eigenvalue weighted by molar-refractivity contribution is 0.340. The normalized spacial score (nSPS) is 11.0. The first kappa shape index (κ1) is 16.1. The molecule has 0 saturated carbocycles. The van der Waals surface area contributed by atoms with E-state index < -0.39 is 0 Å². The van der Waals surface area contributed by atoms with Crippen molar-refractivity contribution in [3.05, 3.63) is 71.1 Å². The number of benzene rings is 1. The van der Waals surface area contributed by atoms with Gasteiger partial charge in [-0.2, -0.15) is 10.2 Å². The van der Waals surface area contributed by atoms with Gasteiger partial charge in [-0.15, -0.1) is 0 Å². The van der Waals surface area contributed by atoms with Crippen molar-refractivity contribution in [2.75, 3.05) is 6.61 Å². The first-order valence-corrected chi connectivity index (χ1v) is 8.42. The van der Waals surface area contributed by atoms with Crippen molar-refractivity contribution in [2.45, 2.75) is 6.92 Å². The van der Waals surface area contributed by atoms with Gasteiger partial charge in [-0.05, 0) is 37.3 Å². The molecule has 4 aromatic rings. The highest BCUT2D eigenvalue weighted by molar-refractivity contribution is 5.90. The van der Waals surface area contributed by atoms with Gasteiger partial charge < -0.3 is 4.74 Å². The molecule has 0 saturated heterocycles. The van der Waals surface area contributed by atoms with Crippen LogP contribution in [-0.2, 0) is 7.05 Å². The minimum Gasteiger partial charge on any atom is -0.494 e. The summed E-state index contributed by atoms with van der Waals surface area (Å²) < 4.78 is 8.79. The van der Waals surface area contributed by atoms with E-state index >= 15 is 0 Å². The van der Waals surface area contributed by atoms with Crippen molar-refractivity contribution < 1.29 is 4.74 Å². The molecule has 0 atom stereocenters. The van der Waals surface area contributed by atoms with E-state index in [1.54, 1.807) is 13.1 Å². The monoisotopic (exact) mass is 346 g/mol. The largest absolute Gasteiger partial charge is 0.494 e. The van der Waals surface area contributed by atoms with E-state index in [4.69, 9.17) is 9.84 Å². The van der Waals surface area contributed by atoms with Gasteiger partial charge in [0, 0.05) is 24.9 Å². The number of hydrogen-bond acceptors (Lipinski definition) is 4. The van der Waals surface area contributed by atoms with E-state index in [1.165, 1.54) is 10.7 Å². The van der Waals surface area contributed by atoms with E-state index in [9.17, 15) is 4.79 Å². The molecular formula is C20H18N4O2. The standard InChI is InChI=1S/C20H18N4O2/c1-3-26-15-8-6-7-14(13-15)20-19(16-10-11-18(25)23(2)21-16)17-9-4-5-12-24(17)22-20/h4-13H,3H2,1-2H3. The van der Waals surface area contributed by atoms with Crippen molar-refractivity contribution in [1.82, 2.24) is 19.4 Å². The Morgan fingerprint density at radius 3 is 2.73 bits per heavy atom. The Morgan fingerprint density at radius 2 is 1.92 bits per heavy atom. The molecule has 0 spiro atoms. The molecule has 130 valence electrons. The summed E-state index contributed by atoms with van der Waals surface area (Å²) in [6, 6.07) is 17.0. The van der Waals surface area contributed by atoms with E-state index in [0.29, 0.717) is 12.3 Å². The summed E-state index contributed by atoms with van der Waals surface area (Å²) in [6.07, 6.45) is 1.90. The Labute approximate surface area is 150 Å². The number of hydrogen-bond donors (Lipinski definition) is 0. The van der Waals surface area contributed by atoms with Crippen LogP contribution in [0.5, 0.6) is 5.75 Å². The molecular weight excluding hydrogens is 328 g/mol. The predicted octanol–water partition coefficient (Wildman–Crippen LogP) is 3.16. The Bertz CT molecular complexity index is 1140. The zero-order valence-corrected chi connectivity index (χ0v) is 14.6. The number of rotatable bonds is 4. The highest BCUT2D eigenvalue weighted by Gasteiger charge is 2.18. The third-order valence-corrected chi connectivity index (χ3v) is 4.18. The molecule has 6 nitrogen and oxygen atoms in total. The second kappa shape index (κ2) is 6.48. The zero-order valence-electron chi connectivity index (χ0n) is 14.6. The highest BCUT2D eigenvalue weighted by atomic mass is 16.5. The lowest BCUT2D eigenvalue weighted by Crippen LogP contribution is -2.18. The summed E-state index contributed by atoms with van der Waals surface area (Å²) in [7, 11) is 1.65. The molecule has 26 heavy (non-hydrogen) atoms. The summed E-state index contributed by atoms with van der Waals surface area (Å²) >= 11 is 0. The minimum absolute atomic E-state index is 0.148.